The molecule has 0 saturated heterocycles. The second-order valence-corrected chi connectivity index (χ2v) is 12.3. The van der Waals surface area contributed by atoms with E-state index in [1.165, 1.54) is 133 Å². The molecule has 0 amide bonds. The summed E-state index contributed by atoms with van der Waals surface area (Å²) in [5.74, 6) is -0.300. The first kappa shape index (κ1) is 36.7. The highest BCUT2D eigenvalue weighted by atomic mass is 16.5. The molecule has 0 aliphatic carbocycles. The van der Waals surface area contributed by atoms with E-state index in [9.17, 15) is 4.79 Å². The van der Waals surface area contributed by atoms with Crippen molar-refractivity contribution >= 4 is 17.3 Å². The zero-order chi connectivity index (χ0) is 31.0. The molecular weight excluding hydrogens is 528 g/mol. The van der Waals surface area contributed by atoms with Gasteiger partial charge in [0, 0.05) is 0 Å². The van der Waals surface area contributed by atoms with Crippen LogP contribution in [0.4, 0.5) is 11.4 Å². The number of carbonyl (C=O) groups is 1. The lowest BCUT2D eigenvalue weighted by Crippen LogP contribution is -2.03. The van der Waals surface area contributed by atoms with Crippen LogP contribution in [0.15, 0.2) is 46.6 Å². The van der Waals surface area contributed by atoms with Gasteiger partial charge in [-0.3, -0.25) is 0 Å². The van der Waals surface area contributed by atoms with Crippen molar-refractivity contribution in [1.29, 1.82) is 0 Å². The van der Waals surface area contributed by atoms with Gasteiger partial charge >= 0.3 is 5.97 Å². The Hall–Kier alpha value is -2.49. The SMILES string of the molecule is CCCCCCCCc1cc(N=Nc2ccc(C(=O)OCC)cc2)cc(CCCCCCCC)c1CCCCCCCC. The highest BCUT2D eigenvalue weighted by molar-refractivity contribution is 5.89. The molecule has 4 nitrogen and oxygen atoms in total. The Morgan fingerprint density at radius 3 is 1.42 bits per heavy atom. The molecule has 2 aromatic carbocycles. The van der Waals surface area contributed by atoms with Crippen molar-refractivity contribution < 1.29 is 9.53 Å². The van der Waals surface area contributed by atoms with E-state index < -0.39 is 0 Å². The number of unbranched alkanes of at least 4 members (excludes halogenated alkanes) is 15. The molecule has 4 heteroatoms. The maximum atomic E-state index is 12.0. The molecule has 0 unspecified atom stereocenters. The molecule has 43 heavy (non-hydrogen) atoms. The number of nitrogens with zero attached hydrogens (tertiary/aromatic N) is 2. The molecule has 0 aliphatic heterocycles. The van der Waals surface area contributed by atoms with Crippen molar-refractivity contribution in [2.45, 2.75) is 163 Å². The Morgan fingerprint density at radius 2 is 0.953 bits per heavy atom. The van der Waals surface area contributed by atoms with Crippen molar-refractivity contribution in [1.82, 2.24) is 0 Å². The summed E-state index contributed by atoms with van der Waals surface area (Å²) in [7, 11) is 0. The lowest BCUT2D eigenvalue weighted by Gasteiger charge is -2.17. The van der Waals surface area contributed by atoms with Gasteiger partial charge in [-0.05, 0) is 98.5 Å². The molecule has 0 aliphatic rings. The van der Waals surface area contributed by atoms with Crippen molar-refractivity contribution in [3.8, 4) is 0 Å². The molecule has 240 valence electrons. The van der Waals surface area contributed by atoms with E-state index in [0.29, 0.717) is 12.2 Å². The summed E-state index contributed by atoms with van der Waals surface area (Å²) in [4.78, 5) is 12.0. The second kappa shape index (κ2) is 23.9. The number of esters is 1. The van der Waals surface area contributed by atoms with Crippen molar-refractivity contribution in [2.75, 3.05) is 6.61 Å². The van der Waals surface area contributed by atoms with E-state index >= 15 is 0 Å². The molecule has 2 rings (SSSR count). The van der Waals surface area contributed by atoms with E-state index in [4.69, 9.17) is 9.85 Å². The summed E-state index contributed by atoms with van der Waals surface area (Å²) in [6, 6.07) is 11.9. The minimum absolute atomic E-state index is 0.300. The third-order valence-corrected chi connectivity index (χ3v) is 8.46. The molecule has 0 heterocycles. The Labute approximate surface area is 264 Å². The minimum Gasteiger partial charge on any atom is -0.462 e. The van der Waals surface area contributed by atoms with Gasteiger partial charge in [-0.25, -0.2) is 4.79 Å². The van der Waals surface area contributed by atoms with Crippen LogP contribution in [-0.2, 0) is 24.0 Å². The maximum absolute atomic E-state index is 12.0. The summed E-state index contributed by atoms with van der Waals surface area (Å²) < 4.78 is 5.11. The maximum Gasteiger partial charge on any atom is 0.338 e. The predicted octanol–water partition coefficient (Wildman–Crippen LogP) is 13.0. The highest BCUT2D eigenvalue weighted by Gasteiger charge is 2.12. The van der Waals surface area contributed by atoms with E-state index in [1.54, 1.807) is 17.7 Å². The van der Waals surface area contributed by atoms with Crippen molar-refractivity contribution in [2.24, 2.45) is 10.2 Å². The summed E-state index contributed by atoms with van der Waals surface area (Å²) in [6.07, 6.45) is 27.3. The second-order valence-electron chi connectivity index (χ2n) is 12.3. The molecule has 0 bridgehead atoms. The van der Waals surface area contributed by atoms with Gasteiger partial charge in [0.05, 0.1) is 23.5 Å². The zero-order valence-electron chi connectivity index (χ0n) is 28.2. The van der Waals surface area contributed by atoms with Gasteiger partial charge in [-0.2, -0.15) is 10.2 Å². The minimum atomic E-state index is -0.300. The first-order chi connectivity index (χ1) is 21.1. The largest absolute Gasteiger partial charge is 0.462 e. The molecule has 0 aromatic heterocycles. The van der Waals surface area contributed by atoms with Gasteiger partial charge in [-0.1, -0.05) is 117 Å². The number of benzene rings is 2. The van der Waals surface area contributed by atoms with E-state index in [-0.39, 0.29) is 5.97 Å². The molecule has 0 N–H and O–H groups in total. The Kier molecular flexibility index (Phi) is 20.4. The number of aryl methyl sites for hydroxylation is 2. The first-order valence-electron chi connectivity index (χ1n) is 18.0. The normalized spacial score (nSPS) is 11.4. The van der Waals surface area contributed by atoms with Crippen LogP contribution in [-0.4, -0.2) is 12.6 Å². The molecule has 0 radical (unpaired) electrons. The van der Waals surface area contributed by atoms with Crippen LogP contribution in [0.3, 0.4) is 0 Å². The highest BCUT2D eigenvalue weighted by Crippen LogP contribution is 2.30. The van der Waals surface area contributed by atoms with Gasteiger partial charge in [0.1, 0.15) is 0 Å². The number of hydrogen-bond donors (Lipinski definition) is 0. The lowest BCUT2D eigenvalue weighted by molar-refractivity contribution is 0.0526. The first-order valence-corrected chi connectivity index (χ1v) is 18.0. The zero-order valence-corrected chi connectivity index (χ0v) is 28.2. The number of carbonyl (C=O) groups excluding carboxylic acids is 1. The van der Waals surface area contributed by atoms with Gasteiger partial charge in [0.15, 0.2) is 0 Å². The van der Waals surface area contributed by atoms with Crippen LogP contribution in [0.2, 0.25) is 0 Å². The summed E-state index contributed by atoms with van der Waals surface area (Å²) >= 11 is 0. The molecule has 0 atom stereocenters. The third-order valence-electron chi connectivity index (χ3n) is 8.46. The Morgan fingerprint density at radius 1 is 0.535 bits per heavy atom. The van der Waals surface area contributed by atoms with E-state index in [1.807, 2.05) is 19.1 Å². The molecule has 0 fully saturated rings. The molecule has 0 spiro atoms. The Bertz CT molecular complexity index is 991. The van der Waals surface area contributed by atoms with Crippen LogP contribution in [0.1, 0.15) is 170 Å². The number of azo groups is 1. The predicted molar refractivity (Wildman–Crippen MR) is 184 cm³/mol. The van der Waals surface area contributed by atoms with Gasteiger partial charge in [-0.15, -0.1) is 0 Å². The van der Waals surface area contributed by atoms with Crippen LogP contribution >= 0.6 is 0 Å². The average molecular weight is 591 g/mol. The monoisotopic (exact) mass is 590 g/mol. The number of hydrogen-bond acceptors (Lipinski definition) is 4. The van der Waals surface area contributed by atoms with Gasteiger partial charge < -0.3 is 4.74 Å². The Balaban J connectivity index is 2.25. The fourth-order valence-corrected chi connectivity index (χ4v) is 5.87. The molecule has 2 aromatic rings. The smallest absolute Gasteiger partial charge is 0.338 e. The summed E-state index contributed by atoms with van der Waals surface area (Å²) in [5.41, 5.74) is 6.86. The average Bonchev–Trinajstić information content (AvgIpc) is 3.02. The fourth-order valence-electron chi connectivity index (χ4n) is 5.87. The van der Waals surface area contributed by atoms with Gasteiger partial charge in [0.2, 0.25) is 0 Å². The summed E-state index contributed by atoms with van der Waals surface area (Å²) in [5, 5.41) is 9.30. The molecule has 0 saturated carbocycles. The van der Waals surface area contributed by atoms with Crippen LogP contribution in [0.5, 0.6) is 0 Å². The quantitative estimate of drug-likeness (QED) is 0.0656. The number of ether oxygens (including phenoxy) is 1. The standard InChI is InChI=1S/C39H62N2O2/c1-5-9-12-15-18-21-24-34-31-37(41-40-36-29-27-33(28-30-36)39(42)43-8-4)32-35(25-22-19-16-13-10-6-2)38(34)26-23-20-17-14-11-7-3/h27-32H,5-26H2,1-4H3. The van der Waals surface area contributed by atoms with E-state index in [0.717, 1.165) is 24.2 Å². The molecular formula is C39H62N2O2. The number of rotatable bonds is 25. The van der Waals surface area contributed by atoms with Crippen molar-refractivity contribution in [3.05, 3.63) is 58.7 Å². The van der Waals surface area contributed by atoms with Crippen molar-refractivity contribution in [3.63, 3.8) is 0 Å². The van der Waals surface area contributed by atoms with Crippen LogP contribution in [0.25, 0.3) is 0 Å². The topological polar surface area (TPSA) is 51.0 Å². The van der Waals surface area contributed by atoms with E-state index in [2.05, 4.69) is 38.0 Å². The fraction of sp³-hybridized carbons (Fsp3) is 0.667. The van der Waals surface area contributed by atoms with Gasteiger partial charge in [0.25, 0.3) is 0 Å². The third kappa shape index (κ3) is 15.7. The van der Waals surface area contributed by atoms with Crippen LogP contribution < -0.4 is 0 Å². The summed E-state index contributed by atoms with van der Waals surface area (Å²) in [6.45, 7) is 9.06. The van der Waals surface area contributed by atoms with Crippen LogP contribution in [0, 0.1) is 0 Å². The lowest BCUT2D eigenvalue weighted by atomic mass is 9.89.